The minimum atomic E-state index is 0.382. The summed E-state index contributed by atoms with van der Waals surface area (Å²) in [5.74, 6) is 0.532. The van der Waals surface area contributed by atoms with E-state index in [1.54, 1.807) is 0 Å². The van der Waals surface area contributed by atoms with Crippen LogP contribution in [0.15, 0.2) is 36.4 Å². The molecule has 2 aliphatic rings. The molecule has 0 amide bonds. The van der Waals surface area contributed by atoms with Crippen LogP contribution in [0.5, 0.6) is 0 Å². The molecule has 2 nitrogen and oxygen atoms in total. The highest BCUT2D eigenvalue weighted by atomic mass is 16.3. The molecule has 0 spiro atoms. The van der Waals surface area contributed by atoms with Crippen LogP contribution in [-0.2, 0) is 0 Å². The number of rotatable bonds is 4. The largest absolute Gasteiger partial charge is 0.396 e. The minimum absolute atomic E-state index is 0.382. The molecule has 3 rings (SSSR count). The number of aliphatic hydroxyl groups is 1. The van der Waals surface area contributed by atoms with Gasteiger partial charge in [0.1, 0.15) is 0 Å². The molecule has 3 atom stereocenters. The molecular formula is C19H28NO+. The van der Waals surface area contributed by atoms with E-state index in [9.17, 15) is 5.11 Å². The number of hydrogen-bond acceptors (Lipinski definition) is 1. The smallest absolute Gasteiger partial charge is 0.0979 e. The van der Waals surface area contributed by atoms with Gasteiger partial charge in [-0.1, -0.05) is 36.4 Å². The third-order valence-corrected chi connectivity index (χ3v) is 5.59. The van der Waals surface area contributed by atoms with Crippen LogP contribution in [0.4, 0.5) is 0 Å². The van der Waals surface area contributed by atoms with E-state index < -0.39 is 0 Å². The van der Waals surface area contributed by atoms with E-state index in [4.69, 9.17) is 0 Å². The van der Waals surface area contributed by atoms with Crippen LogP contribution >= 0.6 is 0 Å². The van der Waals surface area contributed by atoms with Crippen molar-refractivity contribution in [2.24, 2.45) is 5.92 Å². The van der Waals surface area contributed by atoms with E-state index in [0.717, 1.165) is 6.54 Å². The molecule has 0 radical (unpaired) electrons. The summed E-state index contributed by atoms with van der Waals surface area (Å²) in [6.45, 7) is 4.13. The molecule has 2 fully saturated rings. The second kappa shape index (κ2) is 6.76. The molecule has 0 saturated carbocycles. The molecule has 0 aliphatic carbocycles. The SMILES string of the molecule is OCC1CCC[N+]2(CC=Cc3ccccc3)CCCCC12. The summed E-state index contributed by atoms with van der Waals surface area (Å²) in [5.41, 5.74) is 1.29. The van der Waals surface area contributed by atoms with Gasteiger partial charge in [-0.2, -0.15) is 0 Å². The lowest BCUT2D eigenvalue weighted by atomic mass is 9.81. The maximum Gasteiger partial charge on any atom is 0.0979 e. The van der Waals surface area contributed by atoms with Crippen molar-refractivity contribution in [2.45, 2.75) is 38.1 Å². The zero-order valence-corrected chi connectivity index (χ0v) is 13.0. The normalized spacial score (nSPS) is 33.0. The maximum absolute atomic E-state index is 9.72. The standard InChI is InChI=1S/C19H28NO/c21-16-18-11-7-15-20(13-5-4-12-19(18)20)14-6-10-17-8-2-1-3-9-17/h1-3,6,8-10,18-19,21H,4-5,7,11-16H2/q+1. The van der Waals surface area contributed by atoms with Gasteiger partial charge in [-0.25, -0.2) is 0 Å². The first-order chi connectivity index (χ1) is 10.3. The van der Waals surface area contributed by atoms with E-state index in [2.05, 4.69) is 42.5 Å². The highest BCUT2D eigenvalue weighted by Crippen LogP contribution is 2.37. The Labute approximate surface area is 128 Å². The Kier molecular flexibility index (Phi) is 4.77. The summed E-state index contributed by atoms with van der Waals surface area (Å²) >= 11 is 0. The number of quaternary nitrogens is 1. The van der Waals surface area contributed by atoms with Gasteiger partial charge in [-0.3, -0.25) is 0 Å². The van der Waals surface area contributed by atoms with E-state index in [-0.39, 0.29) is 0 Å². The van der Waals surface area contributed by atoms with Gasteiger partial charge >= 0.3 is 0 Å². The first-order valence-electron chi connectivity index (χ1n) is 8.52. The molecule has 114 valence electrons. The van der Waals surface area contributed by atoms with Crippen LogP contribution < -0.4 is 0 Å². The van der Waals surface area contributed by atoms with Crippen molar-refractivity contribution in [3.63, 3.8) is 0 Å². The fourth-order valence-corrected chi connectivity index (χ4v) is 4.53. The van der Waals surface area contributed by atoms with Gasteiger partial charge in [-0.15, -0.1) is 0 Å². The fraction of sp³-hybridized carbons (Fsp3) is 0.579. The Balaban J connectivity index is 1.72. The molecule has 2 heterocycles. The molecule has 0 aromatic heterocycles. The lowest BCUT2D eigenvalue weighted by Gasteiger charge is -2.53. The Morgan fingerprint density at radius 1 is 1.05 bits per heavy atom. The summed E-state index contributed by atoms with van der Waals surface area (Å²) in [6, 6.07) is 11.3. The van der Waals surface area contributed by atoms with Crippen LogP contribution in [0, 0.1) is 5.92 Å². The van der Waals surface area contributed by atoms with Crippen LogP contribution in [-0.4, -0.2) is 41.9 Å². The Hall–Kier alpha value is -1.12. The van der Waals surface area contributed by atoms with E-state index in [0.29, 0.717) is 18.6 Å². The van der Waals surface area contributed by atoms with Crippen molar-refractivity contribution in [3.8, 4) is 0 Å². The molecule has 1 aromatic carbocycles. The number of piperidine rings is 2. The molecule has 2 aliphatic heterocycles. The van der Waals surface area contributed by atoms with Crippen LogP contribution in [0.2, 0.25) is 0 Å². The second-order valence-electron chi connectivity index (χ2n) is 6.81. The summed E-state index contributed by atoms with van der Waals surface area (Å²) in [6.07, 6.45) is 11.2. The van der Waals surface area contributed by atoms with Gasteiger partial charge in [0.15, 0.2) is 0 Å². The average Bonchev–Trinajstić information content (AvgIpc) is 2.55. The topological polar surface area (TPSA) is 20.2 Å². The van der Waals surface area contributed by atoms with Crippen LogP contribution in [0.1, 0.15) is 37.7 Å². The Morgan fingerprint density at radius 3 is 2.67 bits per heavy atom. The lowest BCUT2D eigenvalue weighted by molar-refractivity contribution is -0.959. The molecule has 0 bridgehead atoms. The van der Waals surface area contributed by atoms with Crippen molar-refractivity contribution in [1.29, 1.82) is 0 Å². The Morgan fingerprint density at radius 2 is 1.86 bits per heavy atom. The van der Waals surface area contributed by atoms with Crippen molar-refractivity contribution in [3.05, 3.63) is 42.0 Å². The molecule has 1 N–H and O–H groups in total. The molecule has 3 unspecified atom stereocenters. The van der Waals surface area contributed by atoms with E-state index in [1.807, 2.05) is 0 Å². The van der Waals surface area contributed by atoms with Gasteiger partial charge in [0.25, 0.3) is 0 Å². The van der Waals surface area contributed by atoms with E-state index in [1.165, 1.54) is 55.2 Å². The first kappa shape index (κ1) is 14.8. The third-order valence-electron chi connectivity index (χ3n) is 5.59. The third kappa shape index (κ3) is 3.22. The van der Waals surface area contributed by atoms with Crippen molar-refractivity contribution >= 4 is 6.08 Å². The van der Waals surface area contributed by atoms with Crippen LogP contribution in [0.25, 0.3) is 6.08 Å². The highest BCUT2D eigenvalue weighted by Gasteiger charge is 2.45. The molecule has 2 saturated heterocycles. The molecule has 21 heavy (non-hydrogen) atoms. The van der Waals surface area contributed by atoms with Gasteiger partial charge in [0, 0.05) is 12.3 Å². The molecular weight excluding hydrogens is 258 g/mol. The van der Waals surface area contributed by atoms with Crippen molar-refractivity contribution < 1.29 is 9.59 Å². The second-order valence-corrected chi connectivity index (χ2v) is 6.81. The predicted molar refractivity (Wildman–Crippen MR) is 87.8 cm³/mol. The van der Waals surface area contributed by atoms with E-state index >= 15 is 0 Å². The van der Waals surface area contributed by atoms with Gasteiger partial charge in [-0.05, 0) is 37.3 Å². The lowest BCUT2D eigenvalue weighted by Crippen LogP contribution is -2.63. The monoisotopic (exact) mass is 286 g/mol. The number of hydrogen-bond donors (Lipinski definition) is 1. The summed E-state index contributed by atoms with van der Waals surface area (Å²) < 4.78 is 1.23. The molecule has 2 heteroatoms. The average molecular weight is 286 g/mol. The summed E-state index contributed by atoms with van der Waals surface area (Å²) in [7, 11) is 0. The highest BCUT2D eigenvalue weighted by molar-refractivity contribution is 5.48. The van der Waals surface area contributed by atoms with Gasteiger partial charge < -0.3 is 9.59 Å². The predicted octanol–water partition coefficient (Wildman–Crippen LogP) is 3.47. The summed E-state index contributed by atoms with van der Waals surface area (Å²) in [4.78, 5) is 0. The summed E-state index contributed by atoms with van der Waals surface area (Å²) in [5, 5.41) is 9.72. The zero-order chi connectivity index (χ0) is 14.5. The maximum atomic E-state index is 9.72. The number of benzene rings is 1. The van der Waals surface area contributed by atoms with Gasteiger partial charge in [0.05, 0.1) is 32.3 Å². The first-order valence-corrected chi connectivity index (χ1v) is 8.52. The Bertz CT molecular complexity index is 466. The number of fused-ring (bicyclic) bond motifs is 1. The number of aliphatic hydroxyl groups excluding tert-OH is 1. The van der Waals surface area contributed by atoms with Crippen LogP contribution in [0.3, 0.4) is 0 Å². The number of nitrogens with zero attached hydrogens (tertiary/aromatic N) is 1. The van der Waals surface area contributed by atoms with Gasteiger partial charge in [0.2, 0.25) is 0 Å². The minimum Gasteiger partial charge on any atom is -0.396 e. The van der Waals surface area contributed by atoms with Crippen molar-refractivity contribution in [1.82, 2.24) is 0 Å². The molecule has 1 aromatic rings. The fourth-order valence-electron chi connectivity index (χ4n) is 4.53. The zero-order valence-electron chi connectivity index (χ0n) is 13.0. The van der Waals surface area contributed by atoms with Crippen molar-refractivity contribution in [2.75, 3.05) is 26.2 Å². The quantitative estimate of drug-likeness (QED) is 0.840.